The summed E-state index contributed by atoms with van der Waals surface area (Å²) in [5.74, 6) is 0. The Labute approximate surface area is 354 Å². The molecule has 0 saturated carbocycles. The van der Waals surface area contributed by atoms with E-state index in [4.69, 9.17) is 13.7 Å². The molecule has 2 unspecified atom stereocenters. The summed E-state index contributed by atoms with van der Waals surface area (Å²) >= 11 is 3.55. The minimum atomic E-state index is -3.48. The molecular weight excluding hydrogens is 969 g/mol. The number of rotatable bonds is 20. The summed E-state index contributed by atoms with van der Waals surface area (Å²) in [5, 5.41) is 0.849. The fourth-order valence-electron chi connectivity index (χ4n) is 5.06. The van der Waals surface area contributed by atoms with Crippen LogP contribution >= 0.6 is 15.9 Å². The van der Waals surface area contributed by atoms with E-state index in [-0.39, 0.29) is 110 Å². The summed E-state index contributed by atoms with van der Waals surface area (Å²) in [7, 11) is -3.48. The van der Waals surface area contributed by atoms with Crippen LogP contribution in [0.5, 0.6) is 0 Å². The Bertz CT molecular complexity index is 1060. The molecule has 7 nitrogen and oxygen atoms in total. The second kappa shape index (κ2) is 31.9. The van der Waals surface area contributed by atoms with Crippen LogP contribution in [0.1, 0.15) is 72.3 Å². The molecule has 0 amide bonds. The number of halogens is 4. The molecule has 0 aromatic heterocycles. The van der Waals surface area contributed by atoms with E-state index in [9.17, 15) is 8.42 Å². The Kier molecular flexibility index (Phi) is 39.1. The zero-order valence-electron chi connectivity index (χ0n) is 29.3. The van der Waals surface area contributed by atoms with Gasteiger partial charge in [0.25, 0.3) is 10.1 Å². The fraction of sp³-hybridized carbons (Fsp3) is 0.647. The van der Waals surface area contributed by atoms with Crippen LogP contribution in [0.2, 0.25) is 0 Å². The van der Waals surface area contributed by atoms with Gasteiger partial charge in [0.15, 0.2) is 0 Å². The molecule has 0 bridgehead atoms. The Morgan fingerprint density at radius 3 is 1.28 bits per heavy atom. The van der Waals surface area contributed by atoms with Crippen molar-refractivity contribution in [2.75, 3.05) is 83.8 Å². The number of likely N-dealkylation sites (N-methyl/N-ethyl adjacent to an activating group) is 2. The maximum absolute atomic E-state index is 11.3. The van der Waals surface area contributed by atoms with Gasteiger partial charge in [0.2, 0.25) is 0 Å². The van der Waals surface area contributed by atoms with Crippen molar-refractivity contribution in [2.45, 2.75) is 61.2 Å². The van der Waals surface area contributed by atoms with E-state index in [1.165, 1.54) is 25.2 Å². The van der Waals surface area contributed by atoms with Crippen LogP contribution in [0, 0.1) is 0 Å². The van der Waals surface area contributed by atoms with Gasteiger partial charge < -0.3 is 83.4 Å². The average Bonchev–Trinajstić information content (AvgIpc) is 3.02. The number of alkyl halides is 1. The molecule has 0 saturated heterocycles. The van der Waals surface area contributed by atoms with Crippen molar-refractivity contribution < 1.29 is 115 Å². The van der Waals surface area contributed by atoms with Gasteiger partial charge in [0, 0.05) is 5.33 Å². The van der Waals surface area contributed by atoms with Crippen molar-refractivity contribution in [1.82, 2.24) is 0 Å². The monoisotopic (exact) mass is 1030 g/mol. The van der Waals surface area contributed by atoms with Crippen LogP contribution in [-0.2, 0) is 23.8 Å². The van der Waals surface area contributed by atoms with Crippen LogP contribution in [0.25, 0.3) is 0 Å². The van der Waals surface area contributed by atoms with Crippen molar-refractivity contribution in [3.05, 3.63) is 71.8 Å². The quantitative estimate of drug-likeness (QED) is 0.0440. The second-order valence-corrected chi connectivity index (χ2v) is 13.0. The molecule has 0 aliphatic heterocycles. The summed E-state index contributed by atoms with van der Waals surface area (Å²) in [4.78, 5) is 0. The molecule has 2 aromatic carbocycles. The van der Waals surface area contributed by atoms with Crippen molar-refractivity contribution in [2.24, 2.45) is 0 Å². The van der Waals surface area contributed by atoms with Crippen molar-refractivity contribution >= 4 is 26.0 Å². The van der Waals surface area contributed by atoms with E-state index in [1.807, 2.05) is 36.4 Å². The Balaban J connectivity index is -0.000000229. The standard InChI is InChI=1S/C17H30NO4S.C16H27BrNO.CH4.BrH.2HI.Li/c1-5-18(6-2,7-3)13-14-21-17(15-22-23(4,19)20)16-11-9-8-10-12-16;1-4-18(5-2,6-3)12-13-19-16(14-17)15-10-8-7-9-11-15;;;;;/h8-12,17H,5-7,13-15H2,1-4H3;7-11,16H,4-6,12-14H2,1-3H3;1H4;3*1H;/q2*+1;;;;;+1/p-3. The number of benzene rings is 2. The maximum atomic E-state index is 11.3. The maximum Gasteiger partial charge on any atom is 1.00 e. The molecule has 0 heterocycles. The molecular formula is C34H61Br2I2LiN2O5S. The number of quaternary nitrogens is 2. The summed E-state index contributed by atoms with van der Waals surface area (Å²) in [6, 6.07) is 20.1. The molecule has 47 heavy (non-hydrogen) atoms. The van der Waals surface area contributed by atoms with E-state index in [0.29, 0.717) is 6.61 Å². The molecule has 0 fully saturated rings. The Morgan fingerprint density at radius 2 is 0.979 bits per heavy atom. The molecule has 272 valence electrons. The SMILES string of the molecule is C.CC[N+](CC)(CC)CCOC(CBr)c1ccccc1.CC[N+](CC)(CC)CCOC(COS(C)(=O)=O)c1ccccc1.[Br-].[I-].[I-].[Li+]. The third-order valence-electron chi connectivity index (χ3n) is 8.71. The van der Waals surface area contributed by atoms with Crippen molar-refractivity contribution in [1.29, 1.82) is 0 Å². The molecule has 0 spiro atoms. The topological polar surface area (TPSA) is 61.8 Å². The molecule has 0 N–H and O–H groups in total. The first kappa shape index (κ1) is 57.5. The summed E-state index contributed by atoms with van der Waals surface area (Å²) in [5.41, 5.74) is 2.18. The van der Waals surface area contributed by atoms with Crippen LogP contribution < -0.4 is 83.8 Å². The molecule has 2 aromatic rings. The zero-order chi connectivity index (χ0) is 31.5. The predicted molar refractivity (Wildman–Crippen MR) is 185 cm³/mol. The van der Waals surface area contributed by atoms with Gasteiger partial charge in [-0.15, -0.1) is 0 Å². The van der Waals surface area contributed by atoms with Crippen LogP contribution in [-0.4, -0.2) is 101 Å². The van der Waals surface area contributed by atoms with Gasteiger partial charge in [-0.2, -0.15) is 8.42 Å². The summed E-state index contributed by atoms with van der Waals surface area (Å²) < 4.78 is 41.7. The third-order valence-corrected chi connectivity index (χ3v) is 9.86. The van der Waals surface area contributed by atoms with Gasteiger partial charge in [0.05, 0.1) is 71.4 Å². The van der Waals surface area contributed by atoms with Gasteiger partial charge >= 0.3 is 18.9 Å². The van der Waals surface area contributed by atoms with Gasteiger partial charge in [0.1, 0.15) is 19.2 Å². The van der Waals surface area contributed by atoms with Crippen molar-refractivity contribution in [3.63, 3.8) is 0 Å². The molecule has 0 aliphatic rings. The average molecular weight is 1030 g/mol. The minimum Gasteiger partial charge on any atom is -1.00 e. The number of nitrogens with zero attached hydrogens (tertiary/aromatic N) is 2. The first-order chi connectivity index (χ1) is 20.1. The zero-order valence-corrected chi connectivity index (χ0v) is 37.6. The number of hydrogen-bond acceptors (Lipinski definition) is 5. The first-order valence-corrected chi connectivity index (χ1v) is 18.4. The third kappa shape index (κ3) is 22.7. The number of ether oxygens (including phenoxy) is 2. The first-order valence-electron chi connectivity index (χ1n) is 15.5. The molecule has 0 aliphatic carbocycles. The van der Waals surface area contributed by atoms with E-state index < -0.39 is 10.1 Å². The largest absolute Gasteiger partial charge is 1.00 e. The van der Waals surface area contributed by atoms with E-state index >= 15 is 0 Å². The fourth-order valence-corrected chi connectivity index (χ4v) is 5.99. The van der Waals surface area contributed by atoms with Gasteiger partial charge in [-0.1, -0.05) is 84.0 Å². The molecule has 0 radical (unpaired) electrons. The minimum absolute atomic E-state index is 0. The summed E-state index contributed by atoms with van der Waals surface area (Å²) in [6.45, 7) is 23.5. The van der Waals surface area contributed by atoms with Gasteiger partial charge in [-0.05, 0) is 52.7 Å². The number of hydrogen-bond donors (Lipinski definition) is 0. The molecule has 2 rings (SSSR count). The van der Waals surface area contributed by atoms with Crippen LogP contribution in [0.4, 0.5) is 0 Å². The van der Waals surface area contributed by atoms with Gasteiger partial charge in [-0.3, -0.25) is 4.18 Å². The predicted octanol–water partition coefficient (Wildman–Crippen LogP) is -4.74. The van der Waals surface area contributed by atoms with E-state index in [1.54, 1.807) is 0 Å². The summed E-state index contributed by atoms with van der Waals surface area (Å²) in [6.07, 6.45) is 0.842. The molecule has 2 atom stereocenters. The van der Waals surface area contributed by atoms with E-state index in [0.717, 1.165) is 65.4 Å². The Hall–Kier alpha value is 1.21. The van der Waals surface area contributed by atoms with Crippen LogP contribution in [0.15, 0.2) is 60.7 Å². The molecule has 13 heteroatoms. The van der Waals surface area contributed by atoms with E-state index in [2.05, 4.69) is 81.7 Å². The smallest absolute Gasteiger partial charge is 1.00 e. The normalized spacial score (nSPS) is 12.3. The van der Waals surface area contributed by atoms with Crippen molar-refractivity contribution in [3.8, 4) is 0 Å². The van der Waals surface area contributed by atoms with Crippen LogP contribution in [0.3, 0.4) is 0 Å². The van der Waals surface area contributed by atoms with Gasteiger partial charge in [-0.25, -0.2) is 0 Å². The Morgan fingerprint density at radius 1 is 0.660 bits per heavy atom. The second-order valence-electron chi connectivity index (χ2n) is 10.7.